The maximum absolute atomic E-state index is 13.0. The van der Waals surface area contributed by atoms with Crippen molar-refractivity contribution in [2.24, 2.45) is 0 Å². The Kier molecular flexibility index (Phi) is 7.26. The molecule has 166 valence electrons. The number of sulfonamides is 1. The molecule has 0 bridgehead atoms. The first-order valence-corrected chi connectivity index (χ1v) is 11.0. The number of nitrogens with zero attached hydrogens (tertiary/aromatic N) is 1. The van der Waals surface area contributed by atoms with E-state index in [1.165, 1.54) is 30.7 Å². The molecule has 0 saturated carbocycles. The number of benzene rings is 2. The summed E-state index contributed by atoms with van der Waals surface area (Å²) in [5.41, 5.74) is 0.908. The van der Waals surface area contributed by atoms with Gasteiger partial charge in [-0.3, -0.25) is 4.79 Å². The summed E-state index contributed by atoms with van der Waals surface area (Å²) in [5.74, 6) is -0.751. The van der Waals surface area contributed by atoms with Gasteiger partial charge in [0.05, 0.1) is 37.9 Å². The Morgan fingerprint density at radius 3 is 2.45 bits per heavy atom. The van der Waals surface area contributed by atoms with Gasteiger partial charge in [0.1, 0.15) is 11.3 Å². The van der Waals surface area contributed by atoms with Crippen molar-refractivity contribution in [1.82, 2.24) is 9.62 Å². The van der Waals surface area contributed by atoms with Crippen molar-refractivity contribution in [2.75, 3.05) is 40.5 Å². The van der Waals surface area contributed by atoms with Crippen LogP contribution in [0.15, 0.2) is 47.4 Å². The van der Waals surface area contributed by atoms with E-state index in [4.69, 9.17) is 14.2 Å². The van der Waals surface area contributed by atoms with Crippen molar-refractivity contribution in [3.8, 4) is 5.75 Å². The van der Waals surface area contributed by atoms with Crippen molar-refractivity contribution in [2.45, 2.75) is 11.4 Å². The van der Waals surface area contributed by atoms with E-state index >= 15 is 0 Å². The number of carbonyl (C=O) groups excluding carboxylic acids is 2. The Hall–Kier alpha value is -2.95. The molecule has 2 aromatic carbocycles. The average molecular weight is 448 g/mol. The van der Waals surface area contributed by atoms with Crippen molar-refractivity contribution >= 4 is 21.9 Å². The summed E-state index contributed by atoms with van der Waals surface area (Å²) in [6.07, 6.45) is 0. The first-order valence-electron chi connectivity index (χ1n) is 9.59. The van der Waals surface area contributed by atoms with E-state index in [9.17, 15) is 18.0 Å². The lowest BCUT2D eigenvalue weighted by atomic mass is 10.1. The number of nitrogens with one attached hydrogen (secondary N) is 1. The molecule has 0 atom stereocenters. The molecule has 0 radical (unpaired) electrons. The third-order valence-corrected chi connectivity index (χ3v) is 6.80. The van der Waals surface area contributed by atoms with E-state index in [0.717, 1.165) is 0 Å². The van der Waals surface area contributed by atoms with Gasteiger partial charge in [0, 0.05) is 19.6 Å². The fraction of sp³-hybridized carbons (Fsp3) is 0.333. The van der Waals surface area contributed by atoms with Gasteiger partial charge in [-0.2, -0.15) is 4.31 Å². The minimum Gasteiger partial charge on any atom is -0.496 e. The number of hydrogen-bond donors (Lipinski definition) is 1. The van der Waals surface area contributed by atoms with Gasteiger partial charge in [-0.1, -0.05) is 18.2 Å². The second-order valence-corrected chi connectivity index (χ2v) is 8.63. The van der Waals surface area contributed by atoms with Gasteiger partial charge in [-0.05, 0) is 29.8 Å². The van der Waals surface area contributed by atoms with Crippen LogP contribution in [0.2, 0.25) is 0 Å². The highest BCUT2D eigenvalue weighted by Crippen LogP contribution is 2.23. The van der Waals surface area contributed by atoms with Gasteiger partial charge in [0.15, 0.2) is 0 Å². The van der Waals surface area contributed by atoms with Crippen LogP contribution in [0, 0.1) is 0 Å². The highest BCUT2D eigenvalue weighted by Gasteiger charge is 2.30. The quantitative estimate of drug-likeness (QED) is 0.638. The summed E-state index contributed by atoms with van der Waals surface area (Å²) < 4.78 is 42.5. The summed E-state index contributed by atoms with van der Waals surface area (Å²) in [6, 6.07) is 10.9. The number of methoxy groups -OCH3 is 2. The summed E-state index contributed by atoms with van der Waals surface area (Å²) in [6.45, 7) is 1.18. The van der Waals surface area contributed by atoms with Gasteiger partial charge in [-0.15, -0.1) is 0 Å². The topological polar surface area (TPSA) is 111 Å². The van der Waals surface area contributed by atoms with Gasteiger partial charge in [-0.25, -0.2) is 13.2 Å². The van der Waals surface area contributed by atoms with Crippen LogP contribution in [-0.4, -0.2) is 65.1 Å². The largest absolute Gasteiger partial charge is 0.496 e. The number of morpholine rings is 1. The Bertz CT molecular complexity index is 1060. The van der Waals surface area contributed by atoms with Gasteiger partial charge in [0.25, 0.3) is 5.91 Å². The molecule has 0 aliphatic carbocycles. The first-order chi connectivity index (χ1) is 14.9. The van der Waals surface area contributed by atoms with Crippen molar-refractivity contribution in [3.05, 3.63) is 59.2 Å². The Morgan fingerprint density at radius 1 is 1.06 bits per heavy atom. The minimum absolute atomic E-state index is 0.0516. The Morgan fingerprint density at radius 2 is 1.77 bits per heavy atom. The molecule has 1 N–H and O–H groups in total. The number of amides is 1. The average Bonchev–Trinajstić information content (AvgIpc) is 2.82. The van der Waals surface area contributed by atoms with Crippen LogP contribution >= 0.6 is 0 Å². The lowest BCUT2D eigenvalue weighted by Gasteiger charge is -2.26. The summed E-state index contributed by atoms with van der Waals surface area (Å²) in [5, 5.41) is 2.71. The van der Waals surface area contributed by atoms with Crippen molar-refractivity contribution in [3.63, 3.8) is 0 Å². The molecule has 0 spiro atoms. The first kappa shape index (κ1) is 22.7. The monoisotopic (exact) mass is 448 g/mol. The fourth-order valence-corrected chi connectivity index (χ4v) is 4.81. The zero-order chi connectivity index (χ0) is 22.4. The maximum atomic E-state index is 13.0. The molecule has 9 nitrogen and oxygen atoms in total. The van der Waals surface area contributed by atoms with Gasteiger partial charge < -0.3 is 19.5 Å². The lowest BCUT2D eigenvalue weighted by Crippen LogP contribution is -2.41. The van der Waals surface area contributed by atoms with Crippen LogP contribution in [0.5, 0.6) is 5.75 Å². The van der Waals surface area contributed by atoms with Gasteiger partial charge in [0.2, 0.25) is 10.0 Å². The highest BCUT2D eigenvalue weighted by atomic mass is 32.2. The predicted octanol–water partition coefficient (Wildman–Crippen LogP) is 1.43. The molecule has 1 heterocycles. The van der Waals surface area contributed by atoms with Crippen LogP contribution in [0.4, 0.5) is 0 Å². The normalized spacial score (nSPS) is 14.6. The van der Waals surface area contributed by atoms with E-state index in [2.05, 4.69) is 5.32 Å². The van der Waals surface area contributed by atoms with Crippen molar-refractivity contribution in [1.29, 1.82) is 0 Å². The third-order valence-electron chi connectivity index (χ3n) is 4.84. The lowest BCUT2D eigenvalue weighted by molar-refractivity contribution is 0.0597. The molecule has 0 aromatic heterocycles. The number of rotatable bonds is 7. The molecule has 31 heavy (non-hydrogen) atoms. The van der Waals surface area contributed by atoms with E-state index in [-0.39, 0.29) is 35.7 Å². The van der Waals surface area contributed by atoms with E-state index in [0.29, 0.717) is 24.5 Å². The van der Waals surface area contributed by atoms with Crippen LogP contribution in [0.1, 0.15) is 26.3 Å². The zero-order valence-electron chi connectivity index (χ0n) is 17.3. The zero-order valence-corrected chi connectivity index (χ0v) is 18.1. The molecule has 3 rings (SSSR count). The predicted molar refractivity (Wildman–Crippen MR) is 112 cm³/mol. The summed E-state index contributed by atoms with van der Waals surface area (Å²) >= 11 is 0. The summed E-state index contributed by atoms with van der Waals surface area (Å²) in [4.78, 5) is 24.7. The van der Waals surface area contributed by atoms with Crippen LogP contribution in [-0.2, 0) is 26.0 Å². The van der Waals surface area contributed by atoms with E-state index in [1.54, 1.807) is 30.3 Å². The maximum Gasteiger partial charge on any atom is 0.341 e. The molecule has 1 amide bonds. The second kappa shape index (κ2) is 9.90. The highest BCUT2D eigenvalue weighted by molar-refractivity contribution is 7.89. The Balaban J connectivity index is 1.80. The SMILES string of the molecule is COC(=O)c1cc(CNC(=O)c2ccccc2S(=O)(=O)N2CCOCC2)ccc1OC. The molecular formula is C21H24N2O7S. The van der Waals surface area contributed by atoms with Gasteiger partial charge >= 0.3 is 5.97 Å². The minimum atomic E-state index is -3.84. The summed E-state index contributed by atoms with van der Waals surface area (Å²) in [7, 11) is -1.13. The number of esters is 1. The molecule has 2 aromatic rings. The second-order valence-electron chi connectivity index (χ2n) is 6.72. The van der Waals surface area contributed by atoms with Crippen LogP contribution in [0.25, 0.3) is 0 Å². The third kappa shape index (κ3) is 5.04. The molecule has 10 heteroatoms. The molecule has 1 aliphatic rings. The molecule has 1 aliphatic heterocycles. The van der Waals surface area contributed by atoms with E-state index < -0.39 is 21.9 Å². The van der Waals surface area contributed by atoms with E-state index in [1.807, 2.05) is 0 Å². The molecule has 1 saturated heterocycles. The Labute approximate surface area is 181 Å². The fourth-order valence-electron chi connectivity index (χ4n) is 3.22. The number of ether oxygens (including phenoxy) is 3. The van der Waals surface area contributed by atoms with Crippen molar-refractivity contribution < 1.29 is 32.2 Å². The smallest absolute Gasteiger partial charge is 0.341 e. The number of carbonyl (C=O) groups is 2. The van der Waals surface area contributed by atoms with Crippen LogP contribution in [0.3, 0.4) is 0 Å². The number of hydrogen-bond acceptors (Lipinski definition) is 7. The molecular weight excluding hydrogens is 424 g/mol. The standard InChI is InChI=1S/C21H24N2O7S/c1-28-18-8-7-15(13-17(18)21(25)29-2)14-22-20(24)16-5-3-4-6-19(16)31(26,27)23-9-11-30-12-10-23/h3-8,13H,9-12,14H2,1-2H3,(H,22,24). The molecule has 0 unspecified atom stereocenters. The van der Waals surface area contributed by atoms with Crippen LogP contribution < -0.4 is 10.1 Å². The molecule has 1 fully saturated rings.